The van der Waals surface area contributed by atoms with Crippen LogP contribution in [0.4, 0.5) is 10.5 Å². The minimum atomic E-state index is -0.795. The first kappa shape index (κ1) is 26.2. The highest BCUT2D eigenvalue weighted by atomic mass is 16.7. The fourth-order valence-electron chi connectivity index (χ4n) is 3.90. The molecule has 7 nitrogen and oxygen atoms in total. The molecule has 4 aromatic rings. The number of hydrogen-bond acceptors (Lipinski definition) is 5. The number of rotatable bonds is 9. The number of amides is 2. The maximum absolute atomic E-state index is 13.2. The molecule has 0 aromatic heterocycles. The van der Waals surface area contributed by atoms with Gasteiger partial charge in [-0.1, -0.05) is 72.8 Å². The maximum atomic E-state index is 13.2. The Labute approximate surface area is 221 Å². The van der Waals surface area contributed by atoms with Crippen LogP contribution in [0.3, 0.4) is 0 Å². The van der Waals surface area contributed by atoms with Crippen molar-refractivity contribution in [1.82, 2.24) is 5.32 Å². The molecule has 4 rings (SSSR count). The summed E-state index contributed by atoms with van der Waals surface area (Å²) in [5.74, 6) is -0.518. The third kappa shape index (κ3) is 7.07. The van der Waals surface area contributed by atoms with Gasteiger partial charge in [-0.2, -0.15) is 0 Å². The largest absolute Gasteiger partial charge is 0.513 e. The Kier molecular flexibility index (Phi) is 8.86. The van der Waals surface area contributed by atoms with Gasteiger partial charge in [-0.15, -0.1) is 0 Å². The highest BCUT2D eigenvalue weighted by Crippen LogP contribution is 2.25. The second-order valence-corrected chi connectivity index (χ2v) is 8.43. The van der Waals surface area contributed by atoms with Gasteiger partial charge in [0.1, 0.15) is 5.75 Å². The Bertz CT molecular complexity index is 1320. The Morgan fingerprint density at radius 2 is 1.32 bits per heavy atom. The van der Waals surface area contributed by atoms with Crippen LogP contribution in [-0.2, 0) is 16.1 Å². The van der Waals surface area contributed by atoms with Crippen LogP contribution in [0.15, 0.2) is 109 Å². The molecule has 0 fully saturated rings. The van der Waals surface area contributed by atoms with Gasteiger partial charge < -0.3 is 20.1 Å². The molecular formula is C31H28N2O5. The summed E-state index contributed by atoms with van der Waals surface area (Å²) in [4.78, 5) is 37.2. The lowest BCUT2D eigenvalue weighted by molar-refractivity contribution is -0.121. The van der Waals surface area contributed by atoms with Gasteiger partial charge in [0.2, 0.25) is 5.91 Å². The monoisotopic (exact) mass is 508 g/mol. The van der Waals surface area contributed by atoms with Crippen LogP contribution >= 0.6 is 0 Å². The van der Waals surface area contributed by atoms with E-state index in [-0.39, 0.29) is 24.2 Å². The summed E-state index contributed by atoms with van der Waals surface area (Å²) in [6.45, 7) is 2.25. The number of anilines is 1. The summed E-state index contributed by atoms with van der Waals surface area (Å²) in [6, 6.07) is 32.8. The van der Waals surface area contributed by atoms with Gasteiger partial charge in [-0.3, -0.25) is 9.59 Å². The molecule has 2 N–H and O–H groups in total. The van der Waals surface area contributed by atoms with Gasteiger partial charge in [0, 0.05) is 17.8 Å². The van der Waals surface area contributed by atoms with E-state index in [0.717, 1.165) is 16.7 Å². The maximum Gasteiger partial charge on any atom is 0.513 e. The third-order valence-electron chi connectivity index (χ3n) is 5.79. The van der Waals surface area contributed by atoms with Gasteiger partial charge in [0.15, 0.2) is 0 Å². The fraction of sp³-hybridized carbons (Fsp3) is 0.129. The van der Waals surface area contributed by atoms with Gasteiger partial charge in [0.25, 0.3) is 5.91 Å². The number of nitrogens with one attached hydrogen (secondary N) is 2. The van der Waals surface area contributed by atoms with E-state index in [2.05, 4.69) is 10.6 Å². The first-order valence-corrected chi connectivity index (χ1v) is 12.3. The summed E-state index contributed by atoms with van der Waals surface area (Å²) in [6.07, 6.45) is -0.795. The molecule has 0 unspecified atom stereocenters. The van der Waals surface area contributed by atoms with Crippen LogP contribution in [0.2, 0.25) is 0 Å². The van der Waals surface area contributed by atoms with E-state index in [0.29, 0.717) is 17.8 Å². The third-order valence-corrected chi connectivity index (χ3v) is 5.79. The molecular weight excluding hydrogens is 480 g/mol. The Morgan fingerprint density at radius 1 is 0.737 bits per heavy atom. The van der Waals surface area contributed by atoms with Crippen molar-refractivity contribution >= 4 is 23.7 Å². The van der Waals surface area contributed by atoms with Crippen molar-refractivity contribution < 1.29 is 23.9 Å². The first-order valence-electron chi connectivity index (χ1n) is 12.3. The Morgan fingerprint density at radius 3 is 1.87 bits per heavy atom. The zero-order valence-electron chi connectivity index (χ0n) is 20.9. The molecule has 0 bridgehead atoms. The molecule has 4 aromatic carbocycles. The average Bonchev–Trinajstić information content (AvgIpc) is 2.94. The van der Waals surface area contributed by atoms with Crippen molar-refractivity contribution in [2.75, 3.05) is 11.9 Å². The summed E-state index contributed by atoms with van der Waals surface area (Å²) < 4.78 is 9.73. The molecule has 0 atom stereocenters. The first-order chi connectivity index (χ1) is 18.5. The second-order valence-electron chi connectivity index (χ2n) is 8.43. The van der Waals surface area contributed by atoms with Crippen LogP contribution in [-0.4, -0.2) is 24.6 Å². The Balaban J connectivity index is 1.34. The summed E-state index contributed by atoms with van der Waals surface area (Å²) >= 11 is 0. The lowest BCUT2D eigenvalue weighted by Crippen LogP contribution is -2.29. The van der Waals surface area contributed by atoms with Crippen molar-refractivity contribution in [3.05, 3.63) is 131 Å². The van der Waals surface area contributed by atoms with Crippen molar-refractivity contribution in [3.63, 3.8) is 0 Å². The predicted molar refractivity (Wildman–Crippen MR) is 145 cm³/mol. The predicted octanol–water partition coefficient (Wildman–Crippen LogP) is 5.92. The molecule has 2 amide bonds. The van der Waals surface area contributed by atoms with Gasteiger partial charge in [0.05, 0.1) is 12.5 Å². The van der Waals surface area contributed by atoms with E-state index < -0.39 is 12.1 Å². The molecule has 0 saturated carbocycles. The van der Waals surface area contributed by atoms with Crippen molar-refractivity contribution in [3.8, 4) is 5.75 Å². The van der Waals surface area contributed by atoms with Gasteiger partial charge in [-0.25, -0.2) is 4.79 Å². The number of benzene rings is 4. The topological polar surface area (TPSA) is 93.7 Å². The molecule has 0 saturated heterocycles. The molecule has 0 aliphatic heterocycles. The van der Waals surface area contributed by atoms with E-state index in [9.17, 15) is 14.4 Å². The number of carbonyl (C=O) groups excluding carboxylic acids is 3. The lowest BCUT2D eigenvalue weighted by atomic mass is 9.90. The summed E-state index contributed by atoms with van der Waals surface area (Å²) in [5.41, 5.74) is 3.77. The van der Waals surface area contributed by atoms with Crippen LogP contribution in [0, 0.1) is 0 Å². The minimum absolute atomic E-state index is 0.0878. The minimum Gasteiger partial charge on any atom is -0.434 e. The standard InChI is InChI=1S/C31H28N2O5/c1-2-37-31(36)38-27-19-15-25(16-20-27)29(34)33-26-17-13-22(14-18-26)21-32-30(35)28(23-9-5-3-6-10-23)24-11-7-4-8-12-24/h3-20,28H,2,21H2,1H3,(H,32,35)(H,33,34). The van der Waals surface area contributed by atoms with Gasteiger partial charge in [-0.05, 0) is 60.0 Å². The summed E-state index contributed by atoms with van der Waals surface area (Å²) in [5, 5.41) is 5.87. The number of carbonyl (C=O) groups is 3. The molecule has 0 heterocycles. The van der Waals surface area contributed by atoms with Crippen molar-refractivity contribution in [2.45, 2.75) is 19.4 Å². The van der Waals surface area contributed by atoms with E-state index in [1.165, 1.54) is 12.1 Å². The average molecular weight is 509 g/mol. The summed E-state index contributed by atoms with van der Waals surface area (Å²) in [7, 11) is 0. The van der Waals surface area contributed by atoms with Crippen LogP contribution in [0.25, 0.3) is 0 Å². The highest BCUT2D eigenvalue weighted by molar-refractivity contribution is 6.04. The molecule has 38 heavy (non-hydrogen) atoms. The van der Waals surface area contributed by atoms with Gasteiger partial charge >= 0.3 is 6.16 Å². The molecule has 0 radical (unpaired) electrons. The molecule has 0 aliphatic carbocycles. The smallest absolute Gasteiger partial charge is 0.434 e. The molecule has 7 heteroatoms. The van der Waals surface area contributed by atoms with Crippen molar-refractivity contribution in [2.24, 2.45) is 0 Å². The molecule has 0 spiro atoms. The second kappa shape index (κ2) is 12.9. The quantitative estimate of drug-likeness (QED) is 0.216. The zero-order valence-corrected chi connectivity index (χ0v) is 20.9. The molecule has 192 valence electrons. The highest BCUT2D eigenvalue weighted by Gasteiger charge is 2.22. The lowest BCUT2D eigenvalue weighted by Gasteiger charge is -2.18. The Hall–Kier alpha value is -4.91. The fourth-order valence-corrected chi connectivity index (χ4v) is 3.90. The van der Waals surface area contributed by atoms with E-state index in [1.54, 1.807) is 31.2 Å². The van der Waals surface area contributed by atoms with Crippen LogP contribution in [0.5, 0.6) is 5.75 Å². The normalized spacial score (nSPS) is 10.5. The van der Waals surface area contributed by atoms with Crippen LogP contribution < -0.4 is 15.4 Å². The van der Waals surface area contributed by atoms with E-state index in [1.807, 2.05) is 72.8 Å². The SMILES string of the molecule is CCOC(=O)Oc1ccc(C(=O)Nc2ccc(CNC(=O)C(c3ccccc3)c3ccccc3)cc2)cc1. The van der Waals surface area contributed by atoms with Crippen molar-refractivity contribution in [1.29, 1.82) is 0 Å². The molecule has 0 aliphatic rings. The van der Waals surface area contributed by atoms with Crippen LogP contribution in [0.1, 0.15) is 39.9 Å². The van der Waals surface area contributed by atoms with E-state index >= 15 is 0 Å². The number of hydrogen-bond donors (Lipinski definition) is 2. The van der Waals surface area contributed by atoms with E-state index in [4.69, 9.17) is 9.47 Å². The zero-order chi connectivity index (χ0) is 26.7. The number of ether oxygens (including phenoxy) is 2.